The van der Waals surface area contributed by atoms with Crippen LogP contribution in [0.5, 0.6) is 0 Å². The first-order chi connectivity index (χ1) is 16.6. The number of likely N-dealkylation sites (tertiary alicyclic amines) is 1. The standard InChI is InChI=1S/C27H25N3O4/c31-26(21-13-11-20-17-22(27(32)33)14-12-19(20)16-21)30-15-5-9-23(30)25-28-24(29-34-25)10-4-8-18-6-2-1-3-7-18/h1-3,6-7,11-14,16-17,23H,4-5,8-10,15H2,(H,32,33)/t23-/m0/s1. The summed E-state index contributed by atoms with van der Waals surface area (Å²) in [5.41, 5.74) is 2.07. The Bertz CT molecular complexity index is 1330. The Morgan fingerprint density at radius 3 is 2.47 bits per heavy atom. The van der Waals surface area contributed by atoms with Crippen molar-refractivity contribution in [3.8, 4) is 0 Å². The van der Waals surface area contributed by atoms with Crippen molar-refractivity contribution in [2.45, 2.75) is 38.1 Å². The molecule has 0 spiro atoms. The zero-order chi connectivity index (χ0) is 23.5. The minimum atomic E-state index is -0.971. The molecule has 7 nitrogen and oxygen atoms in total. The number of aromatic nitrogens is 2. The van der Waals surface area contributed by atoms with Gasteiger partial charge in [0.2, 0.25) is 5.89 Å². The molecule has 3 aromatic carbocycles. The van der Waals surface area contributed by atoms with Gasteiger partial charge < -0.3 is 14.5 Å². The van der Waals surface area contributed by atoms with Crippen LogP contribution in [0.1, 0.15) is 63.3 Å². The van der Waals surface area contributed by atoms with Crippen molar-refractivity contribution in [2.75, 3.05) is 6.54 Å². The van der Waals surface area contributed by atoms with Gasteiger partial charge in [0.05, 0.1) is 5.56 Å². The van der Waals surface area contributed by atoms with E-state index in [0.717, 1.165) is 42.9 Å². The van der Waals surface area contributed by atoms with Gasteiger partial charge in [-0.3, -0.25) is 4.79 Å². The number of carboxylic acids is 1. The van der Waals surface area contributed by atoms with Gasteiger partial charge in [0.25, 0.3) is 5.91 Å². The zero-order valence-electron chi connectivity index (χ0n) is 18.7. The average molecular weight is 456 g/mol. The number of fused-ring (bicyclic) bond motifs is 1. The molecule has 1 aromatic heterocycles. The van der Waals surface area contributed by atoms with E-state index in [4.69, 9.17) is 4.52 Å². The predicted molar refractivity (Wildman–Crippen MR) is 127 cm³/mol. The quantitative estimate of drug-likeness (QED) is 0.418. The maximum Gasteiger partial charge on any atom is 0.335 e. The first kappa shape index (κ1) is 21.8. The highest BCUT2D eigenvalue weighted by atomic mass is 16.5. The Morgan fingerprint density at radius 2 is 1.71 bits per heavy atom. The van der Waals surface area contributed by atoms with Crippen LogP contribution in [-0.4, -0.2) is 38.6 Å². The molecule has 1 atom stereocenters. The number of amides is 1. The molecule has 1 N–H and O–H groups in total. The van der Waals surface area contributed by atoms with E-state index in [-0.39, 0.29) is 17.5 Å². The lowest BCUT2D eigenvalue weighted by atomic mass is 10.0. The molecule has 1 saturated heterocycles. The summed E-state index contributed by atoms with van der Waals surface area (Å²) >= 11 is 0. The second-order valence-corrected chi connectivity index (χ2v) is 8.63. The van der Waals surface area contributed by atoms with Crippen molar-refractivity contribution in [1.82, 2.24) is 15.0 Å². The molecule has 1 aliphatic rings. The molecule has 1 aliphatic heterocycles. The van der Waals surface area contributed by atoms with Crippen molar-refractivity contribution in [1.29, 1.82) is 0 Å². The summed E-state index contributed by atoms with van der Waals surface area (Å²) < 4.78 is 5.56. The molecule has 4 aromatic rings. The van der Waals surface area contributed by atoms with E-state index in [1.165, 1.54) is 5.56 Å². The first-order valence-corrected chi connectivity index (χ1v) is 11.5. The van der Waals surface area contributed by atoms with Gasteiger partial charge in [-0.05, 0) is 66.3 Å². The monoisotopic (exact) mass is 455 g/mol. The van der Waals surface area contributed by atoms with Crippen LogP contribution in [-0.2, 0) is 12.8 Å². The van der Waals surface area contributed by atoms with Crippen LogP contribution >= 0.6 is 0 Å². The second-order valence-electron chi connectivity index (χ2n) is 8.63. The van der Waals surface area contributed by atoms with Gasteiger partial charge in [0.1, 0.15) is 6.04 Å². The van der Waals surface area contributed by atoms with Gasteiger partial charge in [-0.15, -0.1) is 0 Å². The zero-order valence-corrected chi connectivity index (χ0v) is 18.7. The van der Waals surface area contributed by atoms with Crippen LogP contribution in [0.2, 0.25) is 0 Å². The summed E-state index contributed by atoms with van der Waals surface area (Å²) in [7, 11) is 0. The number of benzene rings is 3. The molecule has 0 radical (unpaired) electrons. The molecule has 1 amide bonds. The fraction of sp³-hybridized carbons (Fsp3) is 0.259. The van der Waals surface area contributed by atoms with E-state index >= 15 is 0 Å². The summed E-state index contributed by atoms with van der Waals surface area (Å²) in [6, 6.07) is 20.3. The van der Waals surface area contributed by atoms with Crippen molar-refractivity contribution < 1.29 is 19.2 Å². The molecule has 1 fully saturated rings. The van der Waals surface area contributed by atoms with Crippen LogP contribution in [0.4, 0.5) is 0 Å². The Balaban J connectivity index is 1.27. The van der Waals surface area contributed by atoms with Gasteiger partial charge in [-0.25, -0.2) is 4.79 Å². The number of hydrogen-bond acceptors (Lipinski definition) is 5. The maximum atomic E-state index is 13.3. The molecule has 0 unspecified atom stereocenters. The number of aromatic carboxylic acids is 1. The largest absolute Gasteiger partial charge is 0.478 e. The number of carboxylic acid groups (broad SMARTS) is 1. The summed E-state index contributed by atoms with van der Waals surface area (Å²) in [6.45, 7) is 0.630. The van der Waals surface area contributed by atoms with Gasteiger partial charge >= 0.3 is 5.97 Å². The van der Waals surface area contributed by atoms with Crippen molar-refractivity contribution in [2.24, 2.45) is 0 Å². The first-order valence-electron chi connectivity index (χ1n) is 11.5. The van der Waals surface area contributed by atoms with Crippen molar-refractivity contribution in [3.63, 3.8) is 0 Å². The van der Waals surface area contributed by atoms with E-state index < -0.39 is 5.97 Å². The summed E-state index contributed by atoms with van der Waals surface area (Å²) in [6.07, 6.45) is 4.26. The lowest BCUT2D eigenvalue weighted by Gasteiger charge is -2.22. The highest BCUT2D eigenvalue weighted by Crippen LogP contribution is 2.33. The number of aryl methyl sites for hydroxylation is 2. The van der Waals surface area contributed by atoms with E-state index in [0.29, 0.717) is 23.8 Å². The number of nitrogens with zero attached hydrogens (tertiary/aromatic N) is 3. The number of carbonyl (C=O) groups is 2. The lowest BCUT2D eigenvalue weighted by molar-refractivity contribution is 0.0692. The highest BCUT2D eigenvalue weighted by Gasteiger charge is 2.34. The minimum Gasteiger partial charge on any atom is -0.478 e. The fourth-order valence-electron chi connectivity index (χ4n) is 4.54. The molecule has 0 bridgehead atoms. The van der Waals surface area contributed by atoms with Crippen LogP contribution in [0.25, 0.3) is 10.8 Å². The molecule has 2 heterocycles. The molecule has 0 aliphatic carbocycles. The van der Waals surface area contributed by atoms with Crippen molar-refractivity contribution >= 4 is 22.6 Å². The third-order valence-electron chi connectivity index (χ3n) is 6.33. The molecule has 172 valence electrons. The Hall–Kier alpha value is -4.00. The Morgan fingerprint density at radius 1 is 0.971 bits per heavy atom. The smallest absolute Gasteiger partial charge is 0.335 e. The Labute approximate surface area is 197 Å². The Kier molecular flexibility index (Phi) is 6.08. The van der Waals surface area contributed by atoms with Gasteiger partial charge in [-0.2, -0.15) is 4.98 Å². The number of carbonyl (C=O) groups excluding carboxylic acids is 1. The summed E-state index contributed by atoms with van der Waals surface area (Å²) in [5, 5.41) is 14.9. The van der Waals surface area contributed by atoms with Crippen molar-refractivity contribution in [3.05, 3.63) is 95.1 Å². The van der Waals surface area contributed by atoms with E-state index in [2.05, 4.69) is 22.3 Å². The van der Waals surface area contributed by atoms with E-state index in [1.807, 2.05) is 24.3 Å². The molecule has 34 heavy (non-hydrogen) atoms. The fourth-order valence-corrected chi connectivity index (χ4v) is 4.54. The average Bonchev–Trinajstić information content (AvgIpc) is 3.53. The second kappa shape index (κ2) is 9.47. The normalized spacial score (nSPS) is 15.6. The van der Waals surface area contributed by atoms with Gasteiger partial charge in [0.15, 0.2) is 5.82 Å². The maximum absolute atomic E-state index is 13.3. The van der Waals surface area contributed by atoms with Crippen LogP contribution in [0, 0.1) is 0 Å². The van der Waals surface area contributed by atoms with Crippen LogP contribution in [0.15, 0.2) is 71.3 Å². The van der Waals surface area contributed by atoms with Crippen LogP contribution < -0.4 is 0 Å². The topological polar surface area (TPSA) is 96.5 Å². The lowest BCUT2D eigenvalue weighted by Crippen LogP contribution is -2.30. The van der Waals surface area contributed by atoms with E-state index in [9.17, 15) is 14.7 Å². The molecule has 5 rings (SSSR count). The minimum absolute atomic E-state index is 0.0875. The number of rotatable bonds is 7. The molecular weight excluding hydrogens is 430 g/mol. The molecule has 0 saturated carbocycles. The predicted octanol–water partition coefficient (Wildman–Crippen LogP) is 5.07. The SMILES string of the molecule is O=C(O)c1ccc2cc(C(=O)N3CCC[C@H]3c3nc(CCCc4ccccc4)no3)ccc2c1. The van der Waals surface area contributed by atoms with Crippen LogP contribution in [0.3, 0.4) is 0 Å². The molecular formula is C27H25N3O4. The summed E-state index contributed by atoms with van der Waals surface area (Å²) in [5.74, 6) is 0.106. The summed E-state index contributed by atoms with van der Waals surface area (Å²) in [4.78, 5) is 30.9. The van der Waals surface area contributed by atoms with E-state index in [1.54, 1.807) is 35.2 Å². The number of hydrogen-bond donors (Lipinski definition) is 1. The van der Waals surface area contributed by atoms with Gasteiger partial charge in [-0.1, -0.05) is 47.6 Å². The third-order valence-corrected chi connectivity index (χ3v) is 6.33. The third kappa shape index (κ3) is 4.55. The van der Waals surface area contributed by atoms with Gasteiger partial charge in [0, 0.05) is 18.5 Å². The molecule has 7 heteroatoms. The highest BCUT2D eigenvalue weighted by molar-refractivity contribution is 6.00.